The molecule has 18 heavy (non-hydrogen) atoms. The lowest BCUT2D eigenvalue weighted by molar-refractivity contribution is -0.128. The molecule has 0 radical (unpaired) electrons. The summed E-state index contributed by atoms with van der Waals surface area (Å²) in [6, 6.07) is 4.46. The first kappa shape index (κ1) is 12.6. The van der Waals surface area contributed by atoms with E-state index in [1.54, 1.807) is 11.0 Å². The second kappa shape index (κ2) is 5.65. The molecule has 0 bridgehead atoms. The summed E-state index contributed by atoms with van der Waals surface area (Å²) in [5.74, 6) is 5.39. The summed E-state index contributed by atoms with van der Waals surface area (Å²) in [5.41, 5.74) is 6.80. The molecular formula is C14H15FN2O. The van der Waals surface area contributed by atoms with E-state index in [4.69, 9.17) is 5.73 Å². The van der Waals surface area contributed by atoms with Crippen LogP contribution in [-0.4, -0.2) is 23.9 Å². The molecule has 1 fully saturated rings. The van der Waals surface area contributed by atoms with Crippen LogP contribution in [0.2, 0.25) is 0 Å². The highest BCUT2D eigenvalue weighted by molar-refractivity contribution is 5.78. The Balaban J connectivity index is 2.23. The Kier molecular flexibility index (Phi) is 3.96. The van der Waals surface area contributed by atoms with Crippen LogP contribution in [0.1, 0.15) is 24.0 Å². The molecule has 1 aromatic carbocycles. The Morgan fingerprint density at radius 1 is 1.44 bits per heavy atom. The second-order valence-corrected chi connectivity index (χ2v) is 4.23. The number of carbonyl (C=O) groups excluding carboxylic acids is 1. The Morgan fingerprint density at radius 3 is 2.94 bits per heavy atom. The van der Waals surface area contributed by atoms with E-state index >= 15 is 0 Å². The maximum Gasteiger partial charge on any atom is 0.222 e. The van der Waals surface area contributed by atoms with Crippen LogP contribution in [0.4, 0.5) is 4.39 Å². The molecule has 0 aliphatic carbocycles. The van der Waals surface area contributed by atoms with Gasteiger partial charge < -0.3 is 10.6 Å². The third-order valence-electron chi connectivity index (χ3n) is 2.93. The van der Waals surface area contributed by atoms with E-state index in [1.165, 1.54) is 12.1 Å². The van der Waals surface area contributed by atoms with Crippen molar-refractivity contribution in [3.8, 4) is 11.8 Å². The summed E-state index contributed by atoms with van der Waals surface area (Å²) in [5, 5.41) is 0. The van der Waals surface area contributed by atoms with Gasteiger partial charge in [-0.05, 0) is 24.1 Å². The van der Waals surface area contributed by atoms with Crippen LogP contribution in [-0.2, 0) is 11.3 Å². The topological polar surface area (TPSA) is 46.3 Å². The summed E-state index contributed by atoms with van der Waals surface area (Å²) in [6.45, 7) is 1.49. The SMILES string of the molecule is NCC#Cc1cc(F)ccc1CN1CCCC1=O. The minimum absolute atomic E-state index is 0.150. The van der Waals surface area contributed by atoms with Gasteiger partial charge in [-0.1, -0.05) is 17.9 Å². The van der Waals surface area contributed by atoms with E-state index in [0.29, 0.717) is 18.5 Å². The van der Waals surface area contributed by atoms with Gasteiger partial charge in [-0.2, -0.15) is 0 Å². The zero-order chi connectivity index (χ0) is 13.0. The van der Waals surface area contributed by atoms with Gasteiger partial charge in [0.25, 0.3) is 0 Å². The molecule has 94 valence electrons. The highest BCUT2D eigenvalue weighted by atomic mass is 19.1. The van der Waals surface area contributed by atoms with Crippen LogP contribution >= 0.6 is 0 Å². The molecule has 1 amide bonds. The number of benzene rings is 1. The summed E-state index contributed by atoms with van der Waals surface area (Å²) < 4.78 is 13.2. The van der Waals surface area contributed by atoms with Crippen molar-refractivity contribution < 1.29 is 9.18 Å². The van der Waals surface area contributed by atoms with Crippen molar-refractivity contribution >= 4 is 5.91 Å². The molecule has 0 unspecified atom stereocenters. The number of halogens is 1. The minimum atomic E-state index is -0.326. The average Bonchev–Trinajstić information content (AvgIpc) is 2.75. The van der Waals surface area contributed by atoms with E-state index in [2.05, 4.69) is 11.8 Å². The number of rotatable bonds is 2. The summed E-state index contributed by atoms with van der Waals surface area (Å²) >= 11 is 0. The molecule has 1 aromatic rings. The molecule has 4 heteroatoms. The number of carbonyl (C=O) groups is 1. The van der Waals surface area contributed by atoms with Crippen LogP contribution in [0, 0.1) is 17.7 Å². The molecule has 0 saturated carbocycles. The average molecular weight is 246 g/mol. The van der Waals surface area contributed by atoms with Crippen molar-refractivity contribution in [2.75, 3.05) is 13.1 Å². The summed E-state index contributed by atoms with van der Waals surface area (Å²) in [6.07, 6.45) is 1.49. The van der Waals surface area contributed by atoms with Crippen molar-refractivity contribution in [2.45, 2.75) is 19.4 Å². The molecule has 2 N–H and O–H groups in total. The van der Waals surface area contributed by atoms with Gasteiger partial charge in [-0.15, -0.1) is 0 Å². The first-order valence-electron chi connectivity index (χ1n) is 5.96. The van der Waals surface area contributed by atoms with E-state index < -0.39 is 0 Å². The third kappa shape index (κ3) is 2.88. The molecule has 1 saturated heterocycles. The molecule has 0 spiro atoms. The van der Waals surface area contributed by atoms with Gasteiger partial charge in [0.05, 0.1) is 6.54 Å². The van der Waals surface area contributed by atoms with Crippen molar-refractivity contribution in [3.05, 3.63) is 35.1 Å². The maximum atomic E-state index is 13.2. The van der Waals surface area contributed by atoms with Crippen molar-refractivity contribution in [1.82, 2.24) is 4.90 Å². The van der Waals surface area contributed by atoms with Crippen LogP contribution in [0.15, 0.2) is 18.2 Å². The molecule has 0 atom stereocenters. The smallest absolute Gasteiger partial charge is 0.222 e. The lowest BCUT2D eigenvalue weighted by atomic mass is 10.1. The van der Waals surface area contributed by atoms with Crippen LogP contribution < -0.4 is 5.73 Å². The maximum absolute atomic E-state index is 13.2. The predicted molar refractivity (Wildman–Crippen MR) is 67.0 cm³/mol. The number of likely N-dealkylation sites (tertiary alicyclic amines) is 1. The first-order valence-corrected chi connectivity index (χ1v) is 5.96. The Morgan fingerprint density at radius 2 is 2.28 bits per heavy atom. The largest absolute Gasteiger partial charge is 0.338 e. The predicted octanol–water partition coefficient (Wildman–Crippen LogP) is 1.26. The van der Waals surface area contributed by atoms with Gasteiger partial charge in [0, 0.05) is 25.1 Å². The highest BCUT2D eigenvalue weighted by Crippen LogP contribution is 2.17. The lowest BCUT2D eigenvalue weighted by Crippen LogP contribution is -2.24. The zero-order valence-electron chi connectivity index (χ0n) is 10.1. The van der Waals surface area contributed by atoms with Gasteiger partial charge in [0.2, 0.25) is 5.91 Å². The fraction of sp³-hybridized carbons (Fsp3) is 0.357. The molecular weight excluding hydrogens is 231 g/mol. The van der Waals surface area contributed by atoms with E-state index in [9.17, 15) is 9.18 Å². The molecule has 2 rings (SSSR count). The fourth-order valence-electron chi connectivity index (χ4n) is 2.03. The zero-order valence-corrected chi connectivity index (χ0v) is 10.1. The number of amides is 1. The quantitative estimate of drug-likeness (QED) is 0.798. The van der Waals surface area contributed by atoms with Gasteiger partial charge in [-0.25, -0.2) is 4.39 Å². The number of nitrogens with zero attached hydrogens (tertiary/aromatic N) is 1. The van der Waals surface area contributed by atoms with Crippen LogP contribution in [0.3, 0.4) is 0 Å². The number of hydrogen-bond acceptors (Lipinski definition) is 2. The molecule has 1 heterocycles. The number of nitrogens with two attached hydrogens (primary N) is 1. The van der Waals surface area contributed by atoms with E-state index in [0.717, 1.165) is 18.5 Å². The second-order valence-electron chi connectivity index (χ2n) is 4.23. The molecule has 0 aromatic heterocycles. The highest BCUT2D eigenvalue weighted by Gasteiger charge is 2.20. The van der Waals surface area contributed by atoms with Crippen LogP contribution in [0.5, 0.6) is 0 Å². The Bertz CT molecular complexity index is 516. The van der Waals surface area contributed by atoms with Crippen molar-refractivity contribution in [2.24, 2.45) is 5.73 Å². The van der Waals surface area contributed by atoms with Crippen molar-refractivity contribution in [3.63, 3.8) is 0 Å². The minimum Gasteiger partial charge on any atom is -0.338 e. The summed E-state index contributed by atoms with van der Waals surface area (Å²) in [4.78, 5) is 13.3. The number of hydrogen-bond donors (Lipinski definition) is 1. The van der Waals surface area contributed by atoms with E-state index in [1.807, 2.05) is 0 Å². The lowest BCUT2D eigenvalue weighted by Gasteiger charge is -2.16. The Hall–Kier alpha value is -1.86. The van der Waals surface area contributed by atoms with Gasteiger partial charge in [0.1, 0.15) is 5.82 Å². The molecule has 1 aliphatic heterocycles. The molecule has 1 aliphatic rings. The summed E-state index contributed by atoms with van der Waals surface area (Å²) in [7, 11) is 0. The van der Waals surface area contributed by atoms with Gasteiger partial charge >= 0.3 is 0 Å². The first-order chi connectivity index (χ1) is 8.70. The monoisotopic (exact) mass is 246 g/mol. The third-order valence-corrected chi connectivity index (χ3v) is 2.93. The van der Waals surface area contributed by atoms with E-state index in [-0.39, 0.29) is 18.3 Å². The fourth-order valence-corrected chi connectivity index (χ4v) is 2.03. The van der Waals surface area contributed by atoms with Crippen molar-refractivity contribution in [1.29, 1.82) is 0 Å². The Labute approximate surface area is 106 Å². The molecule has 3 nitrogen and oxygen atoms in total. The normalized spacial score (nSPS) is 14.6. The standard InChI is InChI=1S/C14H15FN2O/c15-13-6-5-12(11(9-13)3-1-7-16)10-17-8-2-4-14(17)18/h5-6,9H,2,4,7-8,10,16H2. The van der Waals surface area contributed by atoms with Gasteiger partial charge in [-0.3, -0.25) is 4.79 Å². The van der Waals surface area contributed by atoms with Crippen LogP contribution in [0.25, 0.3) is 0 Å². The van der Waals surface area contributed by atoms with Gasteiger partial charge in [0.15, 0.2) is 0 Å².